The summed E-state index contributed by atoms with van der Waals surface area (Å²) in [5.41, 5.74) is 4.13. The Hall–Kier alpha value is -1.04. The van der Waals surface area contributed by atoms with E-state index < -0.39 is 0 Å². The molecule has 0 aromatic heterocycles. The highest BCUT2D eigenvalue weighted by molar-refractivity contribution is 5.13. The molecule has 25 heavy (non-hydrogen) atoms. The van der Waals surface area contributed by atoms with E-state index in [2.05, 4.69) is 60.4 Å². The zero-order chi connectivity index (χ0) is 19.2. The molecule has 0 heterocycles. The van der Waals surface area contributed by atoms with Gasteiger partial charge in [0.1, 0.15) is 0 Å². The Morgan fingerprint density at radius 3 is 1.92 bits per heavy atom. The lowest BCUT2D eigenvalue weighted by Crippen LogP contribution is -2.04. The molecular formula is C25H44. The molecule has 1 unspecified atom stereocenters. The molecule has 144 valence electrons. The molecule has 0 saturated carbocycles. The Kier molecular flexibility index (Phi) is 13.6. The predicted octanol–water partition coefficient (Wildman–Crippen LogP) is 8.67. The van der Waals surface area contributed by atoms with Crippen molar-refractivity contribution in [2.75, 3.05) is 0 Å². The number of hydrogen-bond donors (Lipinski definition) is 0. The van der Waals surface area contributed by atoms with Crippen LogP contribution < -0.4 is 0 Å². The number of rotatable bonds is 15. The molecule has 0 N–H and O–H groups in total. The van der Waals surface area contributed by atoms with Crippen LogP contribution in [-0.2, 0) is 0 Å². The summed E-state index contributed by atoms with van der Waals surface area (Å²) in [6.07, 6.45) is 15.3. The molecule has 0 aliphatic heterocycles. The second-order valence-corrected chi connectivity index (χ2v) is 8.61. The van der Waals surface area contributed by atoms with E-state index in [1.54, 1.807) is 5.57 Å². The van der Waals surface area contributed by atoms with Crippen molar-refractivity contribution in [1.29, 1.82) is 0 Å². The van der Waals surface area contributed by atoms with E-state index in [0.29, 0.717) is 5.92 Å². The predicted molar refractivity (Wildman–Crippen MR) is 117 cm³/mol. The smallest absolute Gasteiger partial charge is 0.0168 e. The Labute approximate surface area is 159 Å². The number of allylic oxidation sites excluding steroid dienone is 5. The lowest BCUT2D eigenvalue weighted by molar-refractivity contribution is 0.507. The maximum Gasteiger partial charge on any atom is -0.0168 e. The van der Waals surface area contributed by atoms with Crippen molar-refractivity contribution in [3.8, 4) is 0 Å². The highest BCUT2D eigenvalue weighted by Gasteiger charge is 2.12. The molecule has 0 amide bonds. The third kappa shape index (κ3) is 13.9. The fourth-order valence-corrected chi connectivity index (χ4v) is 3.13. The Morgan fingerprint density at radius 2 is 1.40 bits per heavy atom. The number of hydrogen-bond acceptors (Lipinski definition) is 0. The summed E-state index contributed by atoms with van der Waals surface area (Å²) in [5.74, 6) is 2.19. The summed E-state index contributed by atoms with van der Waals surface area (Å²) >= 11 is 0. The SMILES string of the molecule is C=CC(=C)CCC(C/C=C(\C)CCCC(C)C)C(=C)CCCC(C)C. The van der Waals surface area contributed by atoms with E-state index in [0.717, 1.165) is 36.7 Å². The Morgan fingerprint density at radius 1 is 0.840 bits per heavy atom. The minimum absolute atomic E-state index is 0.587. The Bertz CT molecular complexity index is 419. The molecule has 0 aromatic rings. The van der Waals surface area contributed by atoms with Crippen LogP contribution in [0.1, 0.15) is 92.4 Å². The van der Waals surface area contributed by atoms with Crippen molar-refractivity contribution in [2.45, 2.75) is 92.4 Å². The lowest BCUT2D eigenvalue weighted by atomic mass is 9.86. The van der Waals surface area contributed by atoms with Crippen molar-refractivity contribution in [2.24, 2.45) is 17.8 Å². The quantitative estimate of drug-likeness (QED) is 0.206. The minimum atomic E-state index is 0.587. The first-order valence-electron chi connectivity index (χ1n) is 10.4. The lowest BCUT2D eigenvalue weighted by Gasteiger charge is -2.19. The highest BCUT2D eigenvalue weighted by Crippen LogP contribution is 2.28. The molecular weight excluding hydrogens is 300 g/mol. The molecule has 0 spiro atoms. The molecule has 0 aromatic carbocycles. The van der Waals surface area contributed by atoms with E-state index in [1.807, 2.05) is 6.08 Å². The van der Waals surface area contributed by atoms with Gasteiger partial charge in [0.05, 0.1) is 0 Å². The van der Waals surface area contributed by atoms with Crippen LogP contribution in [-0.4, -0.2) is 0 Å². The van der Waals surface area contributed by atoms with Gasteiger partial charge in [0.15, 0.2) is 0 Å². The van der Waals surface area contributed by atoms with Gasteiger partial charge >= 0.3 is 0 Å². The van der Waals surface area contributed by atoms with Crippen molar-refractivity contribution < 1.29 is 0 Å². The van der Waals surface area contributed by atoms with E-state index in [1.165, 1.54) is 44.1 Å². The summed E-state index contributed by atoms with van der Waals surface area (Å²) < 4.78 is 0. The molecule has 0 heteroatoms. The van der Waals surface area contributed by atoms with Gasteiger partial charge in [-0.15, -0.1) is 0 Å². The standard InChI is InChI=1S/C25H44/c1-9-22(6)16-18-25(24(8)15-11-13-21(4)5)19-17-23(7)14-10-12-20(2)3/h9,17,20-21,25H,1,6,8,10-16,18-19H2,2-5,7H3/b23-17+. The molecule has 0 rings (SSSR count). The van der Waals surface area contributed by atoms with Crippen molar-refractivity contribution in [3.05, 3.63) is 48.6 Å². The molecule has 0 aliphatic rings. The van der Waals surface area contributed by atoms with Gasteiger partial charge in [-0.1, -0.05) is 89.1 Å². The second kappa shape index (κ2) is 14.2. The van der Waals surface area contributed by atoms with Crippen LogP contribution in [0.5, 0.6) is 0 Å². The van der Waals surface area contributed by atoms with E-state index in [4.69, 9.17) is 0 Å². The van der Waals surface area contributed by atoms with E-state index in [-0.39, 0.29) is 0 Å². The van der Waals surface area contributed by atoms with Gasteiger partial charge in [0.2, 0.25) is 0 Å². The van der Waals surface area contributed by atoms with Crippen LogP contribution in [0.3, 0.4) is 0 Å². The zero-order valence-corrected chi connectivity index (χ0v) is 17.9. The average Bonchev–Trinajstić information content (AvgIpc) is 2.53. The summed E-state index contributed by atoms with van der Waals surface area (Å²) in [5, 5.41) is 0. The molecule has 0 nitrogen and oxygen atoms in total. The van der Waals surface area contributed by atoms with Crippen LogP contribution in [0.15, 0.2) is 48.6 Å². The zero-order valence-electron chi connectivity index (χ0n) is 17.9. The third-order valence-electron chi connectivity index (χ3n) is 5.06. The first kappa shape index (κ1) is 24.0. The molecule has 0 aliphatic carbocycles. The third-order valence-corrected chi connectivity index (χ3v) is 5.06. The summed E-state index contributed by atoms with van der Waals surface area (Å²) in [6, 6.07) is 0. The maximum absolute atomic E-state index is 4.43. The molecule has 1 atom stereocenters. The van der Waals surface area contributed by atoms with Crippen LogP contribution in [0, 0.1) is 17.8 Å². The molecule has 0 radical (unpaired) electrons. The maximum atomic E-state index is 4.43. The summed E-state index contributed by atoms with van der Waals surface area (Å²) in [7, 11) is 0. The normalized spacial score (nSPS) is 13.3. The van der Waals surface area contributed by atoms with E-state index in [9.17, 15) is 0 Å². The van der Waals surface area contributed by atoms with Crippen LogP contribution >= 0.6 is 0 Å². The van der Waals surface area contributed by atoms with E-state index >= 15 is 0 Å². The summed E-state index contributed by atoms with van der Waals surface area (Å²) in [6.45, 7) is 23.9. The van der Waals surface area contributed by atoms with Gasteiger partial charge in [-0.25, -0.2) is 0 Å². The monoisotopic (exact) mass is 344 g/mol. The molecule has 0 bridgehead atoms. The minimum Gasteiger partial charge on any atom is -0.0996 e. The first-order chi connectivity index (χ1) is 11.8. The van der Waals surface area contributed by atoms with Gasteiger partial charge in [0, 0.05) is 0 Å². The molecule has 0 saturated heterocycles. The fourth-order valence-electron chi connectivity index (χ4n) is 3.13. The van der Waals surface area contributed by atoms with Gasteiger partial charge in [-0.05, 0) is 69.6 Å². The van der Waals surface area contributed by atoms with Crippen LogP contribution in [0.2, 0.25) is 0 Å². The van der Waals surface area contributed by atoms with Crippen LogP contribution in [0.4, 0.5) is 0 Å². The van der Waals surface area contributed by atoms with Crippen molar-refractivity contribution in [3.63, 3.8) is 0 Å². The average molecular weight is 345 g/mol. The van der Waals surface area contributed by atoms with Crippen molar-refractivity contribution in [1.82, 2.24) is 0 Å². The molecule has 0 fully saturated rings. The Balaban J connectivity index is 4.57. The second-order valence-electron chi connectivity index (χ2n) is 8.61. The van der Waals surface area contributed by atoms with Crippen molar-refractivity contribution >= 4 is 0 Å². The van der Waals surface area contributed by atoms with Gasteiger partial charge in [-0.3, -0.25) is 0 Å². The fraction of sp³-hybridized carbons (Fsp3) is 0.680. The summed E-state index contributed by atoms with van der Waals surface area (Å²) in [4.78, 5) is 0. The van der Waals surface area contributed by atoms with Crippen LogP contribution in [0.25, 0.3) is 0 Å². The van der Waals surface area contributed by atoms with Gasteiger partial charge in [-0.2, -0.15) is 0 Å². The largest absolute Gasteiger partial charge is 0.0996 e. The topological polar surface area (TPSA) is 0 Å². The first-order valence-corrected chi connectivity index (χ1v) is 10.4. The van der Waals surface area contributed by atoms with Gasteiger partial charge in [0.25, 0.3) is 0 Å². The van der Waals surface area contributed by atoms with Gasteiger partial charge < -0.3 is 0 Å². The highest BCUT2D eigenvalue weighted by atomic mass is 14.2.